The minimum absolute atomic E-state index is 0.287. The smallest absolute Gasteiger partial charge is 0.336 e. The molecule has 0 heterocycles. The zero-order valence-electron chi connectivity index (χ0n) is 6.04. The van der Waals surface area contributed by atoms with Crippen molar-refractivity contribution in [2.75, 3.05) is 5.43 Å². The molecule has 0 aliphatic rings. The molecule has 0 atom stereocenters. The number of rotatable bonds is 2. The first-order chi connectivity index (χ1) is 5.65. The number of benzene rings is 1. The molecule has 1 rings (SSSR count). The number of hydrogen-bond donors (Lipinski definition) is 3. The first kappa shape index (κ1) is 9.27. The highest BCUT2D eigenvalue weighted by Crippen LogP contribution is 2.16. The minimum atomic E-state index is -0.928. The van der Waals surface area contributed by atoms with E-state index in [1.165, 1.54) is 6.07 Å². The van der Waals surface area contributed by atoms with Crippen LogP contribution in [0.25, 0.3) is 0 Å². The lowest BCUT2D eigenvalue weighted by atomic mass is 10.2. The lowest BCUT2D eigenvalue weighted by molar-refractivity contribution is 0.0696. The highest BCUT2D eigenvalue weighted by atomic mass is 127. The summed E-state index contributed by atoms with van der Waals surface area (Å²) in [7, 11) is 0. The van der Waals surface area contributed by atoms with E-state index in [0.717, 1.165) is 0 Å². The molecule has 0 aliphatic carbocycles. The zero-order chi connectivity index (χ0) is 9.14. The molecule has 1 aromatic rings. The van der Waals surface area contributed by atoms with Gasteiger partial charge in [-0.25, -0.2) is 4.79 Å². The van der Waals surface area contributed by atoms with Crippen LogP contribution in [0.15, 0.2) is 18.2 Å². The number of carboxylic acid groups (broad SMARTS) is 1. The lowest BCUT2D eigenvalue weighted by Crippen LogP contribution is -2.08. The van der Waals surface area contributed by atoms with Gasteiger partial charge < -0.3 is 10.5 Å². The maximum atomic E-state index is 10.6. The number of carbonyl (C=O) groups is 1. The van der Waals surface area contributed by atoms with E-state index in [2.05, 4.69) is 5.43 Å². The number of anilines is 1. The average Bonchev–Trinajstić information content (AvgIpc) is 2.03. The Bertz CT molecular complexity index is 314. The van der Waals surface area contributed by atoms with Crippen LogP contribution in [0.4, 0.5) is 5.69 Å². The number of nitrogens with one attached hydrogen (secondary N) is 1. The summed E-state index contributed by atoms with van der Waals surface area (Å²) >= 11 is 1.95. The Hall–Kier alpha value is -0.820. The SMILES string of the molecule is NNc1ccc(C(=O)O)c(I)c1. The van der Waals surface area contributed by atoms with E-state index in [9.17, 15) is 4.79 Å². The maximum absolute atomic E-state index is 10.6. The van der Waals surface area contributed by atoms with Gasteiger partial charge in [-0.2, -0.15) is 0 Å². The quantitative estimate of drug-likeness (QED) is 0.432. The van der Waals surface area contributed by atoms with Crippen molar-refractivity contribution in [2.24, 2.45) is 5.84 Å². The fourth-order valence-corrected chi connectivity index (χ4v) is 1.52. The van der Waals surface area contributed by atoms with Crippen molar-refractivity contribution in [1.82, 2.24) is 0 Å². The second kappa shape index (κ2) is 3.72. The molecule has 4 N–H and O–H groups in total. The van der Waals surface area contributed by atoms with Crippen LogP contribution in [-0.4, -0.2) is 11.1 Å². The van der Waals surface area contributed by atoms with Gasteiger partial charge in [0.25, 0.3) is 0 Å². The van der Waals surface area contributed by atoms with Crippen molar-refractivity contribution >= 4 is 34.2 Å². The molecule has 0 bridgehead atoms. The number of halogens is 1. The Kier molecular flexibility index (Phi) is 2.88. The number of nitrogen functional groups attached to an aromatic ring is 1. The highest BCUT2D eigenvalue weighted by molar-refractivity contribution is 14.1. The van der Waals surface area contributed by atoms with Gasteiger partial charge in [-0.05, 0) is 40.8 Å². The van der Waals surface area contributed by atoms with Crippen LogP contribution >= 0.6 is 22.6 Å². The van der Waals surface area contributed by atoms with Gasteiger partial charge in [0.2, 0.25) is 0 Å². The Balaban J connectivity index is 3.12. The number of hydrazine groups is 1. The predicted octanol–water partition coefficient (Wildman–Crippen LogP) is 1.28. The summed E-state index contributed by atoms with van der Waals surface area (Å²) in [5.74, 6) is 4.22. The first-order valence-electron chi connectivity index (χ1n) is 3.14. The van der Waals surface area contributed by atoms with E-state index in [0.29, 0.717) is 9.26 Å². The monoisotopic (exact) mass is 278 g/mol. The molecule has 0 saturated heterocycles. The van der Waals surface area contributed by atoms with E-state index in [-0.39, 0.29) is 5.56 Å². The molecule has 0 amide bonds. The van der Waals surface area contributed by atoms with Crippen molar-refractivity contribution in [1.29, 1.82) is 0 Å². The summed E-state index contributed by atoms with van der Waals surface area (Å²) in [6.45, 7) is 0. The van der Waals surface area contributed by atoms with Gasteiger partial charge >= 0.3 is 5.97 Å². The van der Waals surface area contributed by atoms with Crippen LogP contribution in [0, 0.1) is 3.57 Å². The molecule has 0 unspecified atom stereocenters. The largest absolute Gasteiger partial charge is 0.478 e. The summed E-state index contributed by atoms with van der Waals surface area (Å²) in [6, 6.07) is 4.80. The van der Waals surface area contributed by atoms with Gasteiger partial charge in [-0.1, -0.05) is 0 Å². The zero-order valence-corrected chi connectivity index (χ0v) is 8.20. The highest BCUT2D eigenvalue weighted by Gasteiger charge is 2.07. The molecular formula is C7H7IN2O2. The molecule has 0 aliphatic heterocycles. The van der Waals surface area contributed by atoms with Crippen molar-refractivity contribution in [2.45, 2.75) is 0 Å². The average molecular weight is 278 g/mol. The van der Waals surface area contributed by atoms with Crippen molar-refractivity contribution < 1.29 is 9.90 Å². The second-order valence-corrected chi connectivity index (χ2v) is 3.31. The fraction of sp³-hybridized carbons (Fsp3) is 0. The van der Waals surface area contributed by atoms with Crippen molar-refractivity contribution in [3.8, 4) is 0 Å². The summed E-state index contributed by atoms with van der Waals surface area (Å²) in [5.41, 5.74) is 3.42. The van der Waals surface area contributed by atoms with Crippen LogP contribution in [0.5, 0.6) is 0 Å². The van der Waals surface area contributed by atoms with Gasteiger partial charge in [0, 0.05) is 9.26 Å². The molecule has 12 heavy (non-hydrogen) atoms. The van der Waals surface area contributed by atoms with Gasteiger partial charge in [-0.3, -0.25) is 5.84 Å². The third kappa shape index (κ3) is 1.86. The second-order valence-electron chi connectivity index (χ2n) is 2.14. The lowest BCUT2D eigenvalue weighted by Gasteiger charge is -2.02. The van der Waals surface area contributed by atoms with Gasteiger partial charge in [0.15, 0.2) is 0 Å². The van der Waals surface area contributed by atoms with E-state index >= 15 is 0 Å². The molecule has 1 aromatic carbocycles. The summed E-state index contributed by atoms with van der Waals surface area (Å²) in [4.78, 5) is 10.6. The number of aromatic carboxylic acids is 1. The Morgan fingerprint density at radius 1 is 1.58 bits per heavy atom. The Labute approximate surface area is 82.9 Å². The van der Waals surface area contributed by atoms with E-state index < -0.39 is 5.97 Å². The van der Waals surface area contributed by atoms with E-state index in [1.807, 2.05) is 22.6 Å². The fourth-order valence-electron chi connectivity index (χ4n) is 0.778. The molecule has 4 nitrogen and oxygen atoms in total. The summed E-state index contributed by atoms with van der Waals surface area (Å²) < 4.78 is 0.663. The molecule has 0 saturated carbocycles. The predicted molar refractivity (Wildman–Crippen MR) is 53.9 cm³/mol. The summed E-state index contributed by atoms with van der Waals surface area (Å²) in [6.07, 6.45) is 0. The number of hydrogen-bond acceptors (Lipinski definition) is 3. The molecule has 0 aromatic heterocycles. The molecule has 0 spiro atoms. The Morgan fingerprint density at radius 2 is 2.25 bits per heavy atom. The molecule has 0 radical (unpaired) electrons. The molecule has 0 fully saturated rings. The summed E-state index contributed by atoms with van der Waals surface area (Å²) in [5, 5.41) is 8.67. The van der Waals surface area contributed by atoms with Gasteiger partial charge in [0.05, 0.1) is 5.56 Å². The van der Waals surface area contributed by atoms with Crippen LogP contribution in [0.3, 0.4) is 0 Å². The van der Waals surface area contributed by atoms with Crippen LogP contribution < -0.4 is 11.3 Å². The van der Waals surface area contributed by atoms with Gasteiger partial charge in [0.1, 0.15) is 0 Å². The third-order valence-electron chi connectivity index (χ3n) is 1.37. The molecule has 64 valence electrons. The van der Waals surface area contributed by atoms with Gasteiger partial charge in [-0.15, -0.1) is 0 Å². The number of carboxylic acids is 1. The normalized spacial score (nSPS) is 9.50. The number of nitrogens with two attached hydrogens (primary N) is 1. The van der Waals surface area contributed by atoms with Crippen LogP contribution in [-0.2, 0) is 0 Å². The minimum Gasteiger partial charge on any atom is -0.478 e. The van der Waals surface area contributed by atoms with Crippen LogP contribution in [0.2, 0.25) is 0 Å². The van der Waals surface area contributed by atoms with E-state index in [4.69, 9.17) is 10.9 Å². The molecule has 5 heteroatoms. The first-order valence-corrected chi connectivity index (χ1v) is 4.22. The van der Waals surface area contributed by atoms with E-state index in [1.54, 1.807) is 12.1 Å². The third-order valence-corrected chi connectivity index (χ3v) is 2.26. The standard InChI is InChI=1S/C7H7IN2O2/c8-6-3-4(10-9)1-2-5(6)7(11)12/h1-3,10H,9H2,(H,11,12). The molecular weight excluding hydrogens is 271 g/mol. The van der Waals surface area contributed by atoms with Crippen molar-refractivity contribution in [3.63, 3.8) is 0 Å². The topological polar surface area (TPSA) is 75.3 Å². The Morgan fingerprint density at radius 3 is 2.67 bits per heavy atom. The van der Waals surface area contributed by atoms with Crippen LogP contribution in [0.1, 0.15) is 10.4 Å². The maximum Gasteiger partial charge on any atom is 0.336 e. The van der Waals surface area contributed by atoms with Crippen molar-refractivity contribution in [3.05, 3.63) is 27.3 Å².